The van der Waals surface area contributed by atoms with Gasteiger partial charge in [-0.2, -0.15) is 0 Å². The Kier molecular flexibility index (Phi) is 3.97. The van der Waals surface area contributed by atoms with Gasteiger partial charge in [-0.3, -0.25) is 9.78 Å². The molecule has 0 radical (unpaired) electrons. The molecule has 0 fully saturated rings. The van der Waals surface area contributed by atoms with E-state index in [-0.39, 0.29) is 11.8 Å². The normalized spacial score (nSPS) is 12.2. The number of benzene rings is 1. The Bertz CT molecular complexity index is 747. The number of fused-ring (bicyclic) bond motifs is 1. The number of hydrogen-bond acceptors (Lipinski definition) is 3. The second-order valence-corrected chi connectivity index (χ2v) is 6.09. The molecule has 1 aromatic carbocycles. The molecule has 21 heavy (non-hydrogen) atoms. The first-order valence-corrected chi connectivity index (χ1v) is 7.79. The molecule has 0 spiro atoms. The van der Waals surface area contributed by atoms with Crippen molar-refractivity contribution < 1.29 is 4.79 Å². The molecule has 1 amide bonds. The van der Waals surface area contributed by atoms with Crippen LogP contribution in [0.1, 0.15) is 11.8 Å². The van der Waals surface area contributed by atoms with Crippen molar-refractivity contribution in [2.24, 2.45) is 5.92 Å². The lowest BCUT2D eigenvalue weighted by Crippen LogP contribution is -2.22. The number of aromatic nitrogens is 1. The molecule has 3 rings (SSSR count). The van der Waals surface area contributed by atoms with Gasteiger partial charge in [-0.1, -0.05) is 31.2 Å². The summed E-state index contributed by atoms with van der Waals surface area (Å²) in [4.78, 5) is 17.9. The minimum absolute atomic E-state index is 0.0292. The predicted octanol–water partition coefficient (Wildman–Crippen LogP) is 4.11. The van der Waals surface area contributed by atoms with Gasteiger partial charge in [0.2, 0.25) is 5.91 Å². The smallest absolute Gasteiger partial charge is 0.227 e. The first-order chi connectivity index (χ1) is 10.2. The Morgan fingerprint density at radius 2 is 2.10 bits per heavy atom. The minimum atomic E-state index is -0.0670. The highest BCUT2D eigenvalue weighted by Gasteiger charge is 2.15. The average molecular weight is 296 g/mol. The van der Waals surface area contributed by atoms with Crippen molar-refractivity contribution in [1.82, 2.24) is 4.98 Å². The number of amides is 1. The van der Waals surface area contributed by atoms with Crippen LogP contribution in [0.2, 0.25) is 0 Å². The van der Waals surface area contributed by atoms with Crippen LogP contribution in [-0.2, 0) is 11.2 Å². The third-order valence-electron chi connectivity index (χ3n) is 3.43. The van der Waals surface area contributed by atoms with Gasteiger partial charge in [-0.15, -0.1) is 11.3 Å². The van der Waals surface area contributed by atoms with E-state index < -0.39 is 0 Å². The molecular formula is C17H16N2OS. The summed E-state index contributed by atoms with van der Waals surface area (Å²) in [5.74, 6) is -0.0378. The number of pyridine rings is 1. The van der Waals surface area contributed by atoms with Gasteiger partial charge < -0.3 is 5.32 Å². The number of thiophene rings is 1. The summed E-state index contributed by atoms with van der Waals surface area (Å²) in [6, 6.07) is 13.8. The number of hydrogen-bond donors (Lipinski definition) is 1. The van der Waals surface area contributed by atoms with Crippen LogP contribution in [0, 0.1) is 5.92 Å². The summed E-state index contributed by atoms with van der Waals surface area (Å²) < 4.78 is 0. The predicted molar refractivity (Wildman–Crippen MR) is 87.6 cm³/mol. The van der Waals surface area contributed by atoms with Crippen LogP contribution >= 0.6 is 11.3 Å². The van der Waals surface area contributed by atoms with E-state index in [4.69, 9.17) is 0 Å². The number of nitrogens with one attached hydrogen (secondary N) is 1. The van der Waals surface area contributed by atoms with Crippen molar-refractivity contribution in [2.45, 2.75) is 13.3 Å². The second kappa shape index (κ2) is 6.06. The summed E-state index contributed by atoms with van der Waals surface area (Å²) in [5, 5.41) is 6.07. The van der Waals surface area contributed by atoms with Gasteiger partial charge >= 0.3 is 0 Å². The summed E-state index contributed by atoms with van der Waals surface area (Å²) in [7, 11) is 0. The van der Waals surface area contributed by atoms with Crippen molar-refractivity contribution >= 4 is 33.8 Å². The second-order valence-electron chi connectivity index (χ2n) is 5.05. The van der Waals surface area contributed by atoms with Gasteiger partial charge in [-0.05, 0) is 30.0 Å². The van der Waals surface area contributed by atoms with E-state index in [0.717, 1.165) is 23.0 Å². The minimum Gasteiger partial charge on any atom is -0.324 e. The molecule has 4 heteroatoms. The summed E-state index contributed by atoms with van der Waals surface area (Å²) in [6.45, 7) is 1.95. The van der Waals surface area contributed by atoms with Crippen LogP contribution in [-0.4, -0.2) is 10.9 Å². The van der Waals surface area contributed by atoms with Gasteiger partial charge in [0.1, 0.15) is 0 Å². The summed E-state index contributed by atoms with van der Waals surface area (Å²) >= 11 is 1.69. The van der Waals surface area contributed by atoms with Gasteiger partial charge in [0.15, 0.2) is 0 Å². The number of carbonyl (C=O) groups is 1. The molecule has 0 bridgehead atoms. The lowest BCUT2D eigenvalue weighted by Gasteiger charge is -2.12. The first-order valence-electron chi connectivity index (χ1n) is 6.91. The van der Waals surface area contributed by atoms with E-state index >= 15 is 0 Å². The molecule has 3 nitrogen and oxygen atoms in total. The van der Waals surface area contributed by atoms with Crippen LogP contribution < -0.4 is 5.32 Å². The Morgan fingerprint density at radius 3 is 2.90 bits per heavy atom. The van der Waals surface area contributed by atoms with E-state index in [2.05, 4.69) is 16.4 Å². The Hall–Kier alpha value is -2.20. The molecule has 2 heterocycles. The largest absolute Gasteiger partial charge is 0.324 e. The summed E-state index contributed by atoms with van der Waals surface area (Å²) in [5.41, 5.74) is 1.60. The van der Waals surface area contributed by atoms with Gasteiger partial charge in [0.25, 0.3) is 0 Å². The van der Waals surface area contributed by atoms with Crippen LogP contribution in [0.3, 0.4) is 0 Å². The average Bonchev–Trinajstić information content (AvgIpc) is 3.00. The zero-order valence-corrected chi connectivity index (χ0v) is 12.6. The lowest BCUT2D eigenvalue weighted by molar-refractivity contribution is -0.119. The fourth-order valence-corrected chi connectivity index (χ4v) is 3.12. The number of carbonyl (C=O) groups excluding carboxylic acids is 1. The van der Waals surface area contributed by atoms with Gasteiger partial charge in [0, 0.05) is 22.4 Å². The van der Waals surface area contributed by atoms with Crippen molar-refractivity contribution in [3.05, 3.63) is 58.9 Å². The number of nitrogens with zero attached hydrogens (tertiary/aromatic N) is 1. The molecule has 0 saturated carbocycles. The van der Waals surface area contributed by atoms with E-state index in [1.54, 1.807) is 17.5 Å². The molecule has 2 aromatic heterocycles. The Balaban J connectivity index is 1.77. The first kappa shape index (κ1) is 13.8. The summed E-state index contributed by atoms with van der Waals surface area (Å²) in [6.07, 6.45) is 2.51. The molecule has 0 aliphatic heterocycles. The maximum atomic E-state index is 12.3. The number of para-hydroxylation sites is 1. The Morgan fingerprint density at radius 1 is 1.24 bits per heavy atom. The van der Waals surface area contributed by atoms with Crippen molar-refractivity contribution in [1.29, 1.82) is 0 Å². The monoisotopic (exact) mass is 296 g/mol. The van der Waals surface area contributed by atoms with E-state index in [1.165, 1.54) is 4.88 Å². The number of rotatable bonds is 4. The third-order valence-corrected chi connectivity index (χ3v) is 4.32. The standard InChI is InChI=1S/C17H16N2OS/c1-12(11-14-7-4-10-21-14)17(20)19-15-8-2-5-13-6-3-9-18-16(13)15/h2-10,12H,11H2,1H3,(H,19,20). The molecule has 1 unspecified atom stereocenters. The highest BCUT2D eigenvalue weighted by atomic mass is 32.1. The van der Waals surface area contributed by atoms with Crippen LogP contribution in [0.25, 0.3) is 10.9 Å². The highest BCUT2D eigenvalue weighted by Crippen LogP contribution is 2.22. The lowest BCUT2D eigenvalue weighted by atomic mass is 10.1. The third kappa shape index (κ3) is 3.11. The van der Waals surface area contributed by atoms with Crippen LogP contribution in [0.15, 0.2) is 54.0 Å². The van der Waals surface area contributed by atoms with Crippen molar-refractivity contribution in [3.8, 4) is 0 Å². The topological polar surface area (TPSA) is 42.0 Å². The molecule has 3 aromatic rings. The molecule has 106 valence electrons. The molecule has 0 aliphatic rings. The van der Waals surface area contributed by atoms with E-state index in [0.29, 0.717) is 0 Å². The van der Waals surface area contributed by atoms with Gasteiger partial charge in [0.05, 0.1) is 11.2 Å². The Labute approximate surface area is 127 Å². The zero-order chi connectivity index (χ0) is 14.7. The highest BCUT2D eigenvalue weighted by molar-refractivity contribution is 7.09. The molecular weight excluding hydrogens is 280 g/mol. The van der Waals surface area contributed by atoms with Crippen LogP contribution in [0.5, 0.6) is 0 Å². The molecule has 1 N–H and O–H groups in total. The van der Waals surface area contributed by atoms with Gasteiger partial charge in [-0.25, -0.2) is 0 Å². The molecule has 0 saturated heterocycles. The number of anilines is 1. The van der Waals surface area contributed by atoms with E-state index in [1.807, 2.05) is 48.7 Å². The molecule has 1 atom stereocenters. The zero-order valence-electron chi connectivity index (χ0n) is 11.7. The van der Waals surface area contributed by atoms with Crippen molar-refractivity contribution in [2.75, 3.05) is 5.32 Å². The SMILES string of the molecule is CC(Cc1cccs1)C(=O)Nc1cccc2cccnc12. The maximum absolute atomic E-state index is 12.3. The van der Waals surface area contributed by atoms with Crippen molar-refractivity contribution in [3.63, 3.8) is 0 Å². The van der Waals surface area contributed by atoms with E-state index in [9.17, 15) is 4.79 Å². The van der Waals surface area contributed by atoms with Crippen LogP contribution in [0.4, 0.5) is 5.69 Å². The fraction of sp³-hybridized carbons (Fsp3) is 0.176. The quantitative estimate of drug-likeness (QED) is 0.787. The maximum Gasteiger partial charge on any atom is 0.227 e. The molecule has 0 aliphatic carbocycles. The fourth-order valence-electron chi connectivity index (χ4n) is 2.28.